The van der Waals surface area contributed by atoms with E-state index in [1.54, 1.807) is 12.4 Å². The third-order valence-electron chi connectivity index (χ3n) is 26.2. The maximum absolute atomic E-state index is 5.31. The van der Waals surface area contributed by atoms with Gasteiger partial charge in [-0.15, -0.1) is 0 Å². The van der Waals surface area contributed by atoms with Gasteiger partial charge in [0.15, 0.2) is 17.5 Å². The van der Waals surface area contributed by atoms with Crippen LogP contribution in [0, 0.1) is 0 Å². The molecular weight excluding hydrogens is 1680 g/mol. The van der Waals surface area contributed by atoms with Gasteiger partial charge in [0.05, 0.1) is 50.2 Å². The first kappa shape index (κ1) is 81.2. The summed E-state index contributed by atoms with van der Waals surface area (Å²) in [6, 6.07) is 139. The van der Waals surface area contributed by atoms with Crippen LogP contribution >= 0.6 is 0 Å². The molecule has 0 bridgehead atoms. The van der Waals surface area contributed by atoms with Crippen LogP contribution in [0.2, 0.25) is 0 Å². The van der Waals surface area contributed by atoms with E-state index < -0.39 is 0 Å². The molecular formula is C125H77N13. The molecule has 0 fully saturated rings. The van der Waals surface area contributed by atoms with Gasteiger partial charge in [0.25, 0.3) is 0 Å². The van der Waals surface area contributed by atoms with Crippen LogP contribution in [0.4, 0.5) is 0 Å². The summed E-state index contributed by atoms with van der Waals surface area (Å²) in [7, 11) is 0. The third-order valence-corrected chi connectivity index (χ3v) is 26.2. The Hall–Kier alpha value is -18.9. The van der Waals surface area contributed by atoms with Gasteiger partial charge in [-0.3, -0.25) is 34.9 Å². The highest BCUT2D eigenvalue weighted by Gasteiger charge is 2.25. The van der Waals surface area contributed by atoms with Gasteiger partial charge in [-0.2, -0.15) is 0 Å². The molecule has 16 aromatic carbocycles. The summed E-state index contributed by atoms with van der Waals surface area (Å²) in [6.07, 6.45) is 20.4. The van der Waals surface area contributed by atoms with Gasteiger partial charge in [-0.25, -0.2) is 29.9 Å². The van der Waals surface area contributed by atoms with Crippen molar-refractivity contribution in [3.05, 3.63) is 469 Å². The number of benzene rings is 16. The van der Waals surface area contributed by atoms with Gasteiger partial charge in [0.2, 0.25) is 0 Å². The first-order valence-corrected chi connectivity index (χ1v) is 46.0. The third kappa shape index (κ3) is 14.9. The van der Waals surface area contributed by atoms with E-state index in [2.05, 4.69) is 323 Å². The van der Waals surface area contributed by atoms with Gasteiger partial charge in [-0.05, 0) is 181 Å². The highest BCUT2D eigenvalue weighted by molar-refractivity contribution is 6.36. The van der Waals surface area contributed by atoms with Crippen molar-refractivity contribution in [2.45, 2.75) is 0 Å². The van der Waals surface area contributed by atoms with Crippen molar-refractivity contribution in [1.82, 2.24) is 64.8 Å². The molecule has 27 rings (SSSR count). The number of para-hydroxylation sites is 3. The summed E-state index contributed by atoms with van der Waals surface area (Å²) in [5.41, 5.74) is 28.2. The maximum Gasteiger partial charge on any atom is 0.164 e. The predicted octanol–water partition coefficient (Wildman–Crippen LogP) is 31.0. The first-order valence-electron chi connectivity index (χ1n) is 46.0. The molecule has 13 nitrogen and oxygen atoms in total. The second-order valence-corrected chi connectivity index (χ2v) is 34.3. The summed E-state index contributed by atoms with van der Waals surface area (Å²) in [5.74, 6) is 1.91. The number of hydrogen-bond donors (Lipinski definition) is 0. The average molecular weight is 1760 g/mol. The van der Waals surface area contributed by atoms with E-state index in [9.17, 15) is 0 Å². The van der Waals surface area contributed by atoms with Crippen LogP contribution in [0.3, 0.4) is 0 Å². The molecule has 0 atom stereocenters. The lowest BCUT2D eigenvalue weighted by molar-refractivity contribution is 1.07. The fourth-order valence-corrected chi connectivity index (χ4v) is 19.8. The van der Waals surface area contributed by atoms with Crippen molar-refractivity contribution in [3.63, 3.8) is 0 Å². The lowest BCUT2D eigenvalue weighted by atomic mass is 9.90. The quantitative estimate of drug-likeness (QED) is 0.106. The van der Waals surface area contributed by atoms with Crippen LogP contribution in [0.5, 0.6) is 0 Å². The van der Waals surface area contributed by atoms with Gasteiger partial charge < -0.3 is 0 Å². The van der Waals surface area contributed by atoms with Crippen molar-refractivity contribution in [1.29, 1.82) is 0 Å². The van der Waals surface area contributed by atoms with Gasteiger partial charge in [-0.1, -0.05) is 291 Å². The van der Waals surface area contributed by atoms with E-state index in [0.717, 1.165) is 226 Å². The van der Waals surface area contributed by atoms with Gasteiger partial charge in [0.1, 0.15) is 0 Å². The SMILES string of the molecule is c1ccc(-c2nc(-c3ccccc3)nc(-c3ccc(-c4nc5ccccc5c5c6cccnc6c6ccccc6c45)cc3)n2)cc1.c1ccc2c(c1)nc(-c1ccc(-c3cc(-c4ccncc4)cc(-c4ccncc4)c3)cc1)c1c3ccccc3c3ncccc3c21.c1cncc(-c2cc(-c3ccc(-c4nc5ccccc5c5c6ccccc6c6ncccc6c45)cc3)cc(-c3cccnc3)c2)c1. The molecule has 0 radical (unpaired) electrons. The standard InChI is InChI=1S/2C42H26N4.C41H25N5/c1-2-11-35-34(10-1)39-36-12-3-4-14-38(36)46-41(40(39)37-13-7-21-45-42(35)37)28-17-15-27(16-18-28)31-22-32(29-8-5-19-43-25-29)24-33(23-31)30-9-6-20-44-26-30;1-2-7-35-34(6-1)40-39(37-9-5-19-45-42(35)37)36-8-3-4-10-38(36)46-41(40)30-13-11-27(12-14-30)31-24-32(28-15-20-43-21-16-28)26-33(25-31)29-17-22-44-23-18-29;1-3-12-27(13-4-1)39-44-40(28-14-5-2-6-15-28)46-41(45-39)29-23-21-26(22-24-29)37-36-30-16-7-8-17-31(30)38-33(19-11-25-42-38)35(36)32-18-9-10-20-34(32)43-37/h2*1-26H;1-25H. The Morgan fingerprint density at radius 3 is 0.710 bits per heavy atom. The van der Waals surface area contributed by atoms with Crippen molar-refractivity contribution in [2.75, 3.05) is 0 Å². The van der Waals surface area contributed by atoms with E-state index in [1.807, 2.05) is 153 Å². The monoisotopic (exact) mass is 1760 g/mol. The molecule has 0 aliphatic rings. The lowest BCUT2D eigenvalue weighted by Crippen LogP contribution is -2.00. The van der Waals surface area contributed by atoms with Crippen LogP contribution in [0.25, 0.3) is 265 Å². The Balaban J connectivity index is 0.000000110. The Morgan fingerprint density at radius 1 is 0.130 bits per heavy atom. The topological polar surface area (TPSA) is 168 Å². The number of rotatable bonds is 12. The molecule has 0 saturated heterocycles. The summed E-state index contributed by atoms with van der Waals surface area (Å²) in [6.45, 7) is 0. The molecule has 0 unspecified atom stereocenters. The Bertz CT molecular complexity index is 8380. The molecule has 11 aromatic heterocycles. The molecule has 642 valence electrons. The molecule has 11 heterocycles. The lowest BCUT2D eigenvalue weighted by Gasteiger charge is -2.16. The molecule has 0 saturated carbocycles. The van der Waals surface area contributed by atoms with Crippen molar-refractivity contribution in [2.24, 2.45) is 0 Å². The molecule has 0 spiro atoms. The number of nitrogens with zero attached hydrogens (tertiary/aromatic N) is 13. The van der Waals surface area contributed by atoms with Crippen LogP contribution < -0.4 is 0 Å². The Morgan fingerprint density at radius 2 is 0.370 bits per heavy atom. The summed E-state index contributed by atoms with van der Waals surface area (Å²) < 4.78 is 0. The summed E-state index contributed by atoms with van der Waals surface area (Å²) in [5, 5.41) is 20.7. The Kier molecular flexibility index (Phi) is 20.6. The second-order valence-electron chi connectivity index (χ2n) is 34.3. The highest BCUT2D eigenvalue weighted by Crippen LogP contribution is 2.48. The molecule has 138 heavy (non-hydrogen) atoms. The van der Waals surface area contributed by atoms with Crippen molar-refractivity contribution < 1.29 is 0 Å². The number of fused-ring (bicyclic) bond motifs is 24. The fraction of sp³-hybridized carbons (Fsp3) is 0. The summed E-state index contributed by atoms with van der Waals surface area (Å²) in [4.78, 5) is 62.3. The van der Waals surface area contributed by atoms with Gasteiger partial charge in [0, 0.05) is 193 Å². The maximum atomic E-state index is 5.31. The predicted molar refractivity (Wildman–Crippen MR) is 566 cm³/mol. The van der Waals surface area contributed by atoms with E-state index >= 15 is 0 Å². The first-order chi connectivity index (χ1) is 68.4. The minimum atomic E-state index is 0.623. The van der Waals surface area contributed by atoms with E-state index in [0.29, 0.717) is 17.5 Å². The minimum Gasteiger partial charge on any atom is -0.265 e. The van der Waals surface area contributed by atoms with Gasteiger partial charge >= 0.3 is 0 Å². The largest absolute Gasteiger partial charge is 0.265 e. The fourth-order valence-electron chi connectivity index (χ4n) is 19.8. The second kappa shape index (κ2) is 35.0. The molecule has 13 heteroatoms. The van der Waals surface area contributed by atoms with E-state index in [1.165, 1.54) is 21.5 Å². The van der Waals surface area contributed by atoms with Crippen LogP contribution in [-0.4, -0.2) is 64.8 Å². The van der Waals surface area contributed by atoms with Crippen molar-refractivity contribution in [3.8, 4) is 135 Å². The van der Waals surface area contributed by atoms with E-state index in [4.69, 9.17) is 44.9 Å². The zero-order valence-electron chi connectivity index (χ0n) is 74.3. The van der Waals surface area contributed by atoms with Crippen molar-refractivity contribution >= 4 is 130 Å². The molecule has 0 aliphatic carbocycles. The smallest absolute Gasteiger partial charge is 0.164 e. The number of hydrogen-bond acceptors (Lipinski definition) is 13. The number of pyridine rings is 10. The zero-order chi connectivity index (χ0) is 91.4. The minimum absolute atomic E-state index is 0.623. The molecule has 0 amide bonds. The molecule has 0 aliphatic heterocycles. The van der Waals surface area contributed by atoms with Crippen LogP contribution in [0.1, 0.15) is 0 Å². The average Bonchev–Trinajstić information content (AvgIpc) is 0.723. The van der Waals surface area contributed by atoms with Crippen LogP contribution in [0.15, 0.2) is 469 Å². The van der Waals surface area contributed by atoms with E-state index in [-0.39, 0.29) is 0 Å². The zero-order valence-corrected chi connectivity index (χ0v) is 74.3. The highest BCUT2D eigenvalue weighted by atomic mass is 15.0. The molecule has 0 N–H and O–H groups in total. The van der Waals surface area contributed by atoms with Crippen LogP contribution in [-0.2, 0) is 0 Å². The summed E-state index contributed by atoms with van der Waals surface area (Å²) >= 11 is 0. The molecule has 27 aromatic rings. The normalized spacial score (nSPS) is 11.5. The Labute approximate surface area is 792 Å². The number of aromatic nitrogens is 13.